The molecule has 0 bridgehead atoms. The van der Waals surface area contributed by atoms with Gasteiger partial charge in [-0.1, -0.05) is 18.2 Å². The second kappa shape index (κ2) is 5.76. The number of non-ortho nitro benzene ring substituents is 1. The van der Waals surface area contributed by atoms with E-state index >= 15 is 0 Å². The molecule has 0 saturated carbocycles. The predicted molar refractivity (Wildman–Crippen MR) is 86.4 cm³/mol. The van der Waals surface area contributed by atoms with Crippen LogP contribution >= 0.6 is 11.3 Å². The van der Waals surface area contributed by atoms with Crippen LogP contribution < -0.4 is 0 Å². The zero-order valence-corrected chi connectivity index (χ0v) is 12.1. The Morgan fingerprint density at radius 3 is 2.86 bits per heavy atom. The number of nitrogens with zero attached hydrogens (tertiary/aromatic N) is 3. The summed E-state index contributed by atoms with van der Waals surface area (Å²) < 4.78 is 0.899. The van der Waals surface area contributed by atoms with Crippen molar-refractivity contribution in [1.82, 2.24) is 4.98 Å². The first kappa shape index (κ1) is 13.9. The summed E-state index contributed by atoms with van der Waals surface area (Å²) in [6, 6.07) is 14.0. The van der Waals surface area contributed by atoms with E-state index in [2.05, 4.69) is 11.1 Å². The van der Waals surface area contributed by atoms with Gasteiger partial charge in [-0.3, -0.25) is 10.1 Å². The number of rotatable bonds is 3. The van der Waals surface area contributed by atoms with E-state index in [4.69, 9.17) is 5.26 Å². The number of nitriles is 1. The molecule has 106 valence electrons. The zero-order chi connectivity index (χ0) is 15.5. The number of hydrogen-bond donors (Lipinski definition) is 0. The van der Waals surface area contributed by atoms with Gasteiger partial charge in [-0.25, -0.2) is 4.98 Å². The van der Waals surface area contributed by atoms with E-state index in [1.807, 2.05) is 24.3 Å². The molecule has 0 aliphatic heterocycles. The average Bonchev–Trinajstić information content (AvgIpc) is 2.95. The summed E-state index contributed by atoms with van der Waals surface area (Å²) in [4.78, 5) is 14.7. The van der Waals surface area contributed by atoms with Gasteiger partial charge in [0.05, 0.1) is 26.8 Å². The topological polar surface area (TPSA) is 79.8 Å². The van der Waals surface area contributed by atoms with Gasteiger partial charge in [0.2, 0.25) is 0 Å². The van der Waals surface area contributed by atoms with Crippen molar-refractivity contribution >= 4 is 39.4 Å². The SMILES string of the molecule is N#Cc1cccc(/C=C/c2nc3cc([N+](=O)[O-])ccc3s2)c1. The van der Waals surface area contributed by atoms with E-state index in [0.717, 1.165) is 15.3 Å². The highest BCUT2D eigenvalue weighted by Crippen LogP contribution is 2.27. The van der Waals surface area contributed by atoms with Gasteiger partial charge >= 0.3 is 0 Å². The molecule has 5 nitrogen and oxygen atoms in total. The van der Waals surface area contributed by atoms with E-state index in [9.17, 15) is 10.1 Å². The Kier molecular flexibility index (Phi) is 3.64. The van der Waals surface area contributed by atoms with Crippen molar-refractivity contribution in [1.29, 1.82) is 5.26 Å². The lowest BCUT2D eigenvalue weighted by molar-refractivity contribution is -0.384. The Morgan fingerprint density at radius 2 is 2.09 bits per heavy atom. The summed E-state index contributed by atoms with van der Waals surface area (Å²) in [5.41, 5.74) is 2.16. The lowest BCUT2D eigenvalue weighted by atomic mass is 10.1. The molecule has 0 spiro atoms. The third kappa shape index (κ3) is 2.85. The summed E-state index contributed by atoms with van der Waals surface area (Å²) in [7, 11) is 0. The number of fused-ring (bicyclic) bond motifs is 1. The quantitative estimate of drug-likeness (QED) is 0.535. The first-order valence-corrected chi connectivity index (χ1v) is 7.20. The maximum Gasteiger partial charge on any atom is 0.271 e. The van der Waals surface area contributed by atoms with E-state index in [-0.39, 0.29) is 5.69 Å². The molecule has 0 N–H and O–H groups in total. The minimum Gasteiger partial charge on any atom is -0.258 e. The fraction of sp³-hybridized carbons (Fsp3) is 0. The molecule has 1 aromatic heterocycles. The molecular formula is C16H9N3O2S. The zero-order valence-electron chi connectivity index (χ0n) is 11.3. The first-order valence-electron chi connectivity index (χ1n) is 6.39. The van der Waals surface area contributed by atoms with Crippen LogP contribution in [0.4, 0.5) is 5.69 Å². The summed E-state index contributed by atoms with van der Waals surface area (Å²) in [5.74, 6) is 0. The highest BCUT2D eigenvalue weighted by atomic mass is 32.1. The van der Waals surface area contributed by atoms with Gasteiger partial charge in [-0.15, -0.1) is 11.3 Å². The van der Waals surface area contributed by atoms with Gasteiger partial charge in [-0.2, -0.15) is 5.26 Å². The number of aromatic nitrogens is 1. The number of benzene rings is 2. The molecule has 0 unspecified atom stereocenters. The number of nitro benzene ring substituents is 1. The summed E-state index contributed by atoms with van der Waals surface area (Å²) >= 11 is 1.46. The molecule has 0 saturated heterocycles. The van der Waals surface area contributed by atoms with Crippen LogP contribution in [0.5, 0.6) is 0 Å². The van der Waals surface area contributed by atoms with E-state index < -0.39 is 4.92 Å². The van der Waals surface area contributed by atoms with Crippen LogP contribution in [0, 0.1) is 21.4 Å². The molecule has 22 heavy (non-hydrogen) atoms. The van der Waals surface area contributed by atoms with Gasteiger partial charge in [0.25, 0.3) is 5.69 Å². The Labute approximate surface area is 129 Å². The maximum absolute atomic E-state index is 10.8. The minimum absolute atomic E-state index is 0.0371. The van der Waals surface area contributed by atoms with Gasteiger partial charge < -0.3 is 0 Å². The van der Waals surface area contributed by atoms with E-state index in [1.54, 1.807) is 18.2 Å². The molecule has 0 atom stereocenters. The summed E-state index contributed by atoms with van der Waals surface area (Å²) in [6.45, 7) is 0. The Balaban J connectivity index is 1.92. The Hall–Kier alpha value is -3.04. The van der Waals surface area contributed by atoms with Crippen LogP contribution in [-0.2, 0) is 0 Å². The number of hydrogen-bond acceptors (Lipinski definition) is 5. The second-order valence-electron chi connectivity index (χ2n) is 4.53. The average molecular weight is 307 g/mol. The van der Waals surface area contributed by atoms with Crippen molar-refractivity contribution in [2.45, 2.75) is 0 Å². The molecular weight excluding hydrogens is 298 g/mol. The third-order valence-corrected chi connectivity index (χ3v) is 4.03. The lowest BCUT2D eigenvalue weighted by Crippen LogP contribution is -1.86. The van der Waals surface area contributed by atoms with Crippen LogP contribution in [0.3, 0.4) is 0 Å². The van der Waals surface area contributed by atoms with Gasteiger partial charge in [-0.05, 0) is 29.8 Å². The molecule has 0 aliphatic rings. The molecule has 6 heteroatoms. The molecule has 0 fully saturated rings. The van der Waals surface area contributed by atoms with Crippen LogP contribution in [0.15, 0.2) is 42.5 Å². The minimum atomic E-state index is -0.429. The fourth-order valence-electron chi connectivity index (χ4n) is 2.00. The normalized spacial score (nSPS) is 10.9. The molecule has 2 aromatic carbocycles. The highest BCUT2D eigenvalue weighted by molar-refractivity contribution is 7.19. The van der Waals surface area contributed by atoms with Crippen molar-refractivity contribution in [2.24, 2.45) is 0 Å². The molecule has 3 rings (SSSR count). The smallest absolute Gasteiger partial charge is 0.258 e. The maximum atomic E-state index is 10.8. The van der Waals surface area contributed by atoms with Gasteiger partial charge in [0.15, 0.2) is 0 Å². The van der Waals surface area contributed by atoms with Crippen molar-refractivity contribution < 1.29 is 4.92 Å². The standard InChI is InChI=1S/C16H9N3O2S/c17-10-12-3-1-2-11(8-12)4-7-16-18-14-9-13(19(20)21)5-6-15(14)22-16/h1-9H/b7-4+. The fourth-order valence-corrected chi connectivity index (χ4v) is 2.85. The van der Waals surface area contributed by atoms with Gasteiger partial charge in [0.1, 0.15) is 5.01 Å². The van der Waals surface area contributed by atoms with Crippen molar-refractivity contribution in [2.75, 3.05) is 0 Å². The Morgan fingerprint density at radius 1 is 1.23 bits per heavy atom. The summed E-state index contributed by atoms with van der Waals surface area (Å²) in [6.07, 6.45) is 3.71. The van der Waals surface area contributed by atoms with Crippen molar-refractivity contribution in [3.63, 3.8) is 0 Å². The molecule has 0 amide bonds. The highest BCUT2D eigenvalue weighted by Gasteiger charge is 2.09. The van der Waals surface area contributed by atoms with Crippen LogP contribution in [-0.4, -0.2) is 9.91 Å². The molecule has 0 radical (unpaired) electrons. The van der Waals surface area contributed by atoms with Gasteiger partial charge in [0, 0.05) is 12.1 Å². The van der Waals surface area contributed by atoms with Crippen LogP contribution in [0.2, 0.25) is 0 Å². The van der Waals surface area contributed by atoms with Crippen LogP contribution in [0.1, 0.15) is 16.1 Å². The molecule has 0 aliphatic carbocycles. The number of nitro groups is 1. The monoisotopic (exact) mass is 307 g/mol. The second-order valence-corrected chi connectivity index (χ2v) is 5.59. The van der Waals surface area contributed by atoms with Crippen molar-refractivity contribution in [3.8, 4) is 6.07 Å². The van der Waals surface area contributed by atoms with E-state index in [1.165, 1.54) is 23.5 Å². The molecule has 3 aromatic rings. The number of thiazole rings is 1. The van der Waals surface area contributed by atoms with Crippen LogP contribution in [0.25, 0.3) is 22.4 Å². The Bertz CT molecular complexity index is 938. The third-order valence-electron chi connectivity index (χ3n) is 3.03. The first-order chi connectivity index (χ1) is 10.7. The van der Waals surface area contributed by atoms with E-state index in [0.29, 0.717) is 11.1 Å². The largest absolute Gasteiger partial charge is 0.271 e. The molecule has 1 heterocycles. The summed E-state index contributed by atoms with van der Waals surface area (Å²) in [5, 5.41) is 20.4. The lowest BCUT2D eigenvalue weighted by Gasteiger charge is -1.92. The predicted octanol–water partition coefficient (Wildman–Crippen LogP) is 4.25. The van der Waals surface area contributed by atoms with Crippen molar-refractivity contribution in [3.05, 3.63) is 68.7 Å².